The van der Waals surface area contributed by atoms with Crippen LogP contribution in [0.5, 0.6) is 0 Å². The van der Waals surface area contributed by atoms with Crippen LogP contribution in [-0.4, -0.2) is 18.6 Å². The van der Waals surface area contributed by atoms with Crippen molar-refractivity contribution >= 4 is 0 Å². The Morgan fingerprint density at radius 3 is 2.68 bits per heavy atom. The van der Waals surface area contributed by atoms with Crippen LogP contribution in [0.2, 0.25) is 0 Å². The second kappa shape index (κ2) is 7.74. The van der Waals surface area contributed by atoms with Gasteiger partial charge in [-0.1, -0.05) is 30.3 Å². The van der Waals surface area contributed by atoms with Crippen LogP contribution in [0, 0.1) is 0 Å². The third-order valence-corrected chi connectivity index (χ3v) is 3.15. The minimum atomic E-state index is 0.866. The maximum Gasteiger partial charge on any atom is 0.194 e. The quantitative estimate of drug-likeness (QED) is 0.740. The number of benzene rings is 1. The van der Waals surface area contributed by atoms with Gasteiger partial charge in [0, 0.05) is 12.8 Å². The molecule has 0 spiro atoms. The maximum atomic E-state index is 5.73. The average molecular weight is 258 g/mol. The summed E-state index contributed by atoms with van der Waals surface area (Å²) < 4.78 is 5.73. The fourth-order valence-corrected chi connectivity index (χ4v) is 2.11. The van der Waals surface area contributed by atoms with Crippen LogP contribution in [0.3, 0.4) is 0 Å². The van der Waals surface area contributed by atoms with E-state index in [2.05, 4.69) is 40.6 Å². The molecule has 0 aliphatic rings. The Morgan fingerprint density at radius 1 is 1.05 bits per heavy atom. The lowest BCUT2D eigenvalue weighted by atomic mass is 10.1. The van der Waals surface area contributed by atoms with Gasteiger partial charge in [0.1, 0.15) is 5.76 Å². The highest BCUT2D eigenvalue weighted by Gasteiger charge is 2.03. The molecule has 0 bridgehead atoms. The van der Waals surface area contributed by atoms with Crippen molar-refractivity contribution in [1.82, 2.24) is 10.3 Å². The van der Waals surface area contributed by atoms with Crippen LogP contribution in [0.4, 0.5) is 0 Å². The van der Waals surface area contributed by atoms with Gasteiger partial charge in [-0.2, -0.15) is 0 Å². The van der Waals surface area contributed by atoms with Crippen molar-refractivity contribution in [2.24, 2.45) is 0 Å². The molecule has 0 amide bonds. The average Bonchev–Trinajstić information content (AvgIpc) is 2.88. The Kier molecular flexibility index (Phi) is 5.63. The Morgan fingerprint density at radius 2 is 1.89 bits per heavy atom. The van der Waals surface area contributed by atoms with E-state index in [-0.39, 0.29) is 0 Å². The van der Waals surface area contributed by atoms with Crippen LogP contribution in [0.1, 0.15) is 30.1 Å². The summed E-state index contributed by atoms with van der Waals surface area (Å²) in [5, 5.41) is 3.13. The van der Waals surface area contributed by atoms with E-state index in [1.54, 1.807) is 0 Å². The fourth-order valence-electron chi connectivity index (χ4n) is 2.11. The summed E-state index contributed by atoms with van der Waals surface area (Å²) in [6, 6.07) is 10.6. The van der Waals surface area contributed by atoms with Crippen molar-refractivity contribution in [3.05, 3.63) is 53.7 Å². The number of aryl methyl sites for hydroxylation is 3. The minimum absolute atomic E-state index is 0.866. The van der Waals surface area contributed by atoms with Crippen molar-refractivity contribution in [2.75, 3.05) is 13.6 Å². The molecule has 19 heavy (non-hydrogen) atoms. The summed E-state index contributed by atoms with van der Waals surface area (Å²) >= 11 is 0. The van der Waals surface area contributed by atoms with Gasteiger partial charge in [0.2, 0.25) is 0 Å². The van der Waals surface area contributed by atoms with E-state index in [0.29, 0.717) is 0 Å². The van der Waals surface area contributed by atoms with E-state index in [1.807, 2.05) is 13.2 Å². The molecule has 0 aliphatic heterocycles. The first-order valence-corrected chi connectivity index (χ1v) is 7.00. The second-order valence-corrected chi connectivity index (χ2v) is 4.77. The van der Waals surface area contributed by atoms with Crippen molar-refractivity contribution in [3.63, 3.8) is 0 Å². The molecule has 1 N–H and O–H groups in total. The molecule has 0 atom stereocenters. The smallest absolute Gasteiger partial charge is 0.194 e. The Bertz CT molecular complexity index is 465. The predicted molar refractivity (Wildman–Crippen MR) is 77.2 cm³/mol. The minimum Gasteiger partial charge on any atom is -0.446 e. The molecule has 102 valence electrons. The Hall–Kier alpha value is -1.61. The summed E-state index contributed by atoms with van der Waals surface area (Å²) in [7, 11) is 1.96. The Labute approximate surface area is 115 Å². The topological polar surface area (TPSA) is 38.1 Å². The molecule has 0 saturated carbocycles. The van der Waals surface area contributed by atoms with Crippen molar-refractivity contribution < 1.29 is 4.42 Å². The molecule has 1 aromatic heterocycles. The fraction of sp³-hybridized carbons (Fsp3) is 0.438. The van der Waals surface area contributed by atoms with Gasteiger partial charge in [-0.25, -0.2) is 4.98 Å². The van der Waals surface area contributed by atoms with E-state index >= 15 is 0 Å². The first-order chi connectivity index (χ1) is 9.38. The van der Waals surface area contributed by atoms with Gasteiger partial charge in [0.25, 0.3) is 0 Å². The summed E-state index contributed by atoms with van der Waals surface area (Å²) in [6.07, 6.45) is 7.03. The molecule has 3 nitrogen and oxygen atoms in total. The molecule has 3 heteroatoms. The highest BCUT2D eigenvalue weighted by molar-refractivity contribution is 5.14. The van der Waals surface area contributed by atoms with E-state index in [4.69, 9.17) is 4.42 Å². The molecule has 1 heterocycles. The molecule has 0 fully saturated rings. The van der Waals surface area contributed by atoms with E-state index in [1.165, 1.54) is 5.56 Å². The number of oxazole rings is 1. The Balaban J connectivity index is 1.71. The van der Waals surface area contributed by atoms with Crippen LogP contribution >= 0.6 is 0 Å². The number of hydrogen-bond donors (Lipinski definition) is 1. The standard InChI is InChI=1S/C16H22N2O/c1-17-12-6-11-16-18-13-15(19-16)10-5-9-14-7-3-2-4-8-14/h2-4,7-8,13,17H,5-6,9-12H2,1H3. The normalized spacial score (nSPS) is 10.8. The first kappa shape index (κ1) is 13.8. The lowest BCUT2D eigenvalue weighted by molar-refractivity contribution is 0.444. The predicted octanol–water partition coefficient (Wildman–Crippen LogP) is 3.00. The largest absolute Gasteiger partial charge is 0.446 e. The molecular formula is C16H22N2O. The maximum absolute atomic E-state index is 5.73. The number of nitrogens with one attached hydrogen (secondary N) is 1. The highest BCUT2D eigenvalue weighted by atomic mass is 16.4. The molecular weight excluding hydrogens is 236 g/mol. The zero-order valence-electron chi connectivity index (χ0n) is 11.6. The third-order valence-electron chi connectivity index (χ3n) is 3.15. The van der Waals surface area contributed by atoms with Gasteiger partial charge < -0.3 is 9.73 Å². The summed E-state index contributed by atoms with van der Waals surface area (Å²) in [5.41, 5.74) is 1.39. The lowest BCUT2D eigenvalue weighted by Crippen LogP contribution is -2.08. The van der Waals surface area contributed by atoms with Crippen LogP contribution < -0.4 is 5.32 Å². The summed E-state index contributed by atoms with van der Waals surface area (Å²) in [5.74, 6) is 1.88. The van der Waals surface area contributed by atoms with Gasteiger partial charge in [-0.3, -0.25) is 0 Å². The van der Waals surface area contributed by atoms with E-state index < -0.39 is 0 Å². The molecule has 2 aromatic rings. The lowest BCUT2D eigenvalue weighted by Gasteiger charge is -1.99. The molecule has 0 unspecified atom stereocenters. The zero-order valence-corrected chi connectivity index (χ0v) is 11.6. The second-order valence-electron chi connectivity index (χ2n) is 4.77. The van der Waals surface area contributed by atoms with Crippen molar-refractivity contribution in [2.45, 2.75) is 32.1 Å². The van der Waals surface area contributed by atoms with Gasteiger partial charge in [-0.15, -0.1) is 0 Å². The van der Waals surface area contributed by atoms with Crippen molar-refractivity contribution in [1.29, 1.82) is 0 Å². The van der Waals surface area contributed by atoms with Gasteiger partial charge in [0.05, 0.1) is 6.20 Å². The van der Waals surface area contributed by atoms with Gasteiger partial charge in [-0.05, 0) is 38.4 Å². The number of hydrogen-bond acceptors (Lipinski definition) is 3. The molecule has 2 rings (SSSR count). The SMILES string of the molecule is CNCCCc1ncc(CCCc2ccccc2)o1. The summed E-state index contributed by atoms with van der Waals surface area (Å²) in [4.78, 5) is 4.32. The monoisotopic (exact) mass is 258 g/mol. The molecule has 0 radical (unpaired) electrons. The van der Waals surface area contributed by atoms with E-state index in [0.717, 1.165) is 50.3 Å². The van der Waals surface area contributed by atoms with Crippen LogP contribution in [0.15, 0.2) is 40.9 Å². The number of rotatable bonds is 8. The number of aromatic nitrogens is 1. The highest BCUT2D eigenvalue weighted by Crippen LogP contribution is 2.10. The van der Waals surface area contributed by atoms with E-state index in [9.17, 15) is 0 Å². The molecule has 0 saturated heterocycles. The van der Waals surface area contributed by atoms with Crippen molar-refractivity contribution in [3.8, 4) is 0 Å². The molecule has 1 aromatic carbocycles. The number of nitrogens with zero attached hydrogens (tertiary/aromatic N) is 1. The van der Waals surface area contributed by atoms with Crippen LogP contribution in [-0.2, 0) is 19.3 Å². The summed E-state index contributed by atoms with van der Waals surface area (Å²) in [6.45, 7) is 1.01. The van der Waals surface area contributed by atoms with Gasteiger partial charge >= 0.3 is 0 Å². The first-order valence-electron chi connectivity index (χ1n) is 7.00. The molecule has 0 aliphatic carbocycles. The third kappa shape index (κ3) is 4.87. The van der Waals surface area contributed by atoms with Gasteiger partial charge in [0.15, 0.2) is 5.89 Å². The van der Waals surface area contributed by atoms with Crippen LogP contribution in [0.25, 0.3) is 0 Å². The zero-order chi connectivity index (χ0) is 13.3.